The number of rotatable bonds is 4. The molecule has 0 saturated heterocycles. The van der Waals surface area contributed by atoms with Gasteiger partial charge in [0.1, 0.15) is 5.82 Å². The molecule has 0 bridgehead atoms. The molecule has 0 spiro atoms. The number of nitrogens with zero attached hydrogens (tertiary/aromatic N) is 2. The molecule has 5 heteroatoms. The number of carboxylic acids is 1. The average Bonchev–Trinajstić information content (AvgIpc) is 2.39. The highest BCUT2D eigenvalue weighted by atomic mass is 16.4. The normalized spacial score (nSPS) is 18.5. The number of nitrogens with two attached hydrogens (primary N) is 1. The van der Waals surface area contributed by atoms with Crippen molar-refractivity contribution < 1.29 is 9.90 Å². The smallest absolute Gasteiger partial charge is 0.305 e. The molecule has 1 fully saturated rings. The van der Waals surface area contributed by atoms with Crippen molar-refractivity contribution in [3.8, 4) is 0 Å². The first-order valence-electron chi connectivity index (χ1n) is 6.47. The van der Waals surface area contributed by atoms with Gasteiger partial charge in [0.15, 0.2) is 0 Å². The highest BCUT2D eigenvalue weighted by Crippen LogP contribution is 2.31. The molecule has 1 saturated carbocycles. The summed E-state index contributed by atoms with van der Waals surface area (Å²) in [5, 5.41) is 8.73. The molecule has 0 aliphatic heterocycles. The lowest BCUT2D eigenvalue weighted by Gasteiger charge is -2.21. The van der Waals surface area contributed by atoms with Crippen molar-refractivity contribution in [1.29, 1.82) is 0 Å². The largest absolute Gasteiger partial charge is 0.481 e. The van der Waals surface area contributed by atoms with Crippen molar-refractivity contribution in [3.05, 3.63) is 23.8 Å². The SMILES string of the molecule is NC(CC(=O)O)c1nccc(C2CCCCC2)n1. The molecule has 5 nitrogen and oxygen atoms in total. The number of hydrogen-bond acceptors (Lipinski definition) is 4. The van der Waals surface area contributed by atoms with Crippen LogP contribution in [0.15, 0.2) is 12.3 Å². The molecule has 18 heavy (non-hydrogen) atoms. The maximum absolute atomic E-state index is 10.6. The van der Waals surface area contributed by atoms with Gasteiger partial charge in [0, 0.05) is 17.8 Å². The zero-order chi connectivity index (χ0) is 13.0. The van der Waals surface area contributed by atoms with Crippen LogP contribution in [-0.4, -0.2) is 21.0 Å². The quantitative estimate of drug-likeness (QED) is 0.851. The van der Waals surface area contributed by atoms with Gasteiger partial charge < -0.3 is 10.8 Å². The fourth-order valence-corrected chi connectivity index (χ4v) is 2.47. The molecule has 2 rings (SSSR count). The zero-order valence-electron chi connectivity index (χ0n) is 10.4. The van der Waals surface area contributed by atoms with E-state index in [-0.39, 0.29) is 6.42 Å². The third-order valence-electron chi connectivity index (χ3n) is 3.45. The summed E-state index contributed by atoms with van der Waals surface area (Å²) in [6, 6.07) is 1.30. The van der Waals surface area contributed by atoms with Crippen molar-refractivity contribution in [2.45, 2.75) is 50.5 Å². The summed E-state index contributed by atoms with van der Waals surface area (Å²) in [6.45, 7) is 0. The number of aliphatic carboxylic acids is 1. The Hall–Kier alpha value is -1.49. The van der Waals surface area contributed by atoms with E-state index < -0.39 is 12.0 Å². The molecule has 0 radical (unpaired) electrons. The summed E-state index contributed by atoms with van der Waals surface area (Å²) in [7, 11) is 0. The van der Waals surface area contributed by atoms with E-state index in [0.29, 0.717) is 11.7 Å². The van der Waals surface area contributed by atoms with E-state index in [1.54, 1.807) is 6.20 Å². The Morgan fingerprint density at radius 2 is 2.17 bits per heavy atom. The molecule has 98 valence electrons. The summed E-state index contributed by atoms with van der Waals surface area (Å²) >= 11 is 0. The van der Waals surface area contributed by atoms with E-state index in [1.165, 1.54) is 19.3 Å². The third-order valence-corrected chi connectivity index (χ3v) is 3.45. The van der Waals surface area contributed by atoms with Gasteiger partial charge in [-0.2, -0.15) is 0 Å². The highest BCUT2D eigenvalue weighted by molar-refractivity contribution is 5.67. The molecule has 1 aromatic heterocycles. The van der Waals surface area contributed by atoms with Crippen molar-refractivity contribution in [2.24, 2.45) is 5.73 Å². The van der Waals surface area contributed by atoms with Crippen LogP contribution in [0.3, 0.4) is 0 Å². The van der Waals surface area contributed by atoms with Gasteiger partial charge in [0.25, 0.3) is 0 Å². The fraction of sp³-hybridized carbons (Fsp3) is 0.615. The lowest BCUT2D eigenvalue weighted by molar-refractivity contribution is -0.137. The lowest BCUT2D eigenvalue weighted by Crippen LogP contribution is -2.19. The summed E-state index contributed by atoms with van der Waals surface area (Å²) in [5.41, 5.74) is 6.80. The predicted molar refractivity (Wildman–Crippen MR) is 67.0 cm³/mol. The summed E-state index contributed by atoms with van der Waals surface area (Å²) in [6.07, 6.45) is 7.65. The third kappa shape index (κ3) is 3.26. The second-order valence-corrected chi connectivity index (χ2v) is 4.88. The Bertz CT molecular complexity index is 416. The van der Waals surface area contributed by atoms with Crippen LogP contribution in [0.4, 0.5) is 0 Å². The van der Waals surface area contributed by atoms with Gasteiger partial charge in [-0.3, -0.25) is 4.79 Å². The Balaban J connectivity index is 2.11. The van der Waals surface area contributed by atoms with Gasteiger partial charge in [-0.05, 0) is 18.9 Å². The van der Waals surface area contributed by atoms with Gasteiger partial charge in [0.05, 0.1) is 12.5 Å². The Morgan fingerprint density at radius 3 is 2.83 bits per heavy atom. The summed E-state index contributed by atoms with van der Waals surface area (Å²) in [5.74, 6) is 0.00664. The monoisotopic (exact) mass is 249 g/mol. The van der Waals surface area contributed by atoms with E-state index in [9.17, 15) is 4.79 Å². The Kier molecular flexibility index (Phi) is 4.25. The van der Waals surface area contributed by atoms with Crippen LogP contribution in [0.5, 0.6) is 0 Å². The molecular formula is C13H19N3O2. The Morgan fingerprint density at radius 1 is 1.44 bits per heavy atom. The van der Waals surface area contributed by atoms with Crippen LogP contribution in [-0.2, 0) is 4.79 Å². The van der Waals surface area contributed by atoms with Gasteiger partial charge in [0.2, 0.25) is 0 Å². The maximum Gasteiger partial charge on any atom is 0.305 e. The van der Waals surface area contributed by atoms with Gasteiger partial charge in [-0.1, -0.05) is 19.3 Å². The predicted octanol–water partition coefficient (Wildman–Crippen LogP) is 2.00. The van der Waals surface area contributed by atoms with Crippen LogP contribution < -0.4 is 5.73 Å². The highest BCUT2D eigenvalue weighted by Gasteiger charge is 2.19. The molecule has 1 aromatic rings. The molecule has 3 N–H and O–H groups in total. The molecule has 1 heterocycles. The number of hydrogen-bond donors (Lipinski definition) is 2. The molecule has 0 amide bonds. The molecule has 1 atom stereocenters. The first-order chi connectivity index (χ1) is 8.66. The van der Waals surface area contributed by atoms with E-state index in [2.05, 4.69) is 9.97 Å². The minimum absolute atomic E-state index is 0.131. The van der Waals surface area contributed by atoms with Crippen LogP contribution in [0.25, 0.3) is 0 Å². The van der Waals surface area contributed by atoms with E-state index in [0.717, 1.165) is 18.5 Å². The second kappa shape index (κ2) is 5.91. The second-order valence-electron chi connectivity index (χ2n) is 4.88. The maximum atomic E-state index is 10.6. The van der Waals surface area contributed by atoms with Crippen LogP contribution >= 0.6 is 0 Å². The van der Waals surface area contributed by atoms with E-state index >= 15 is 0 Å². The number of carbonyl (C=O) groups is 1. The molecule has 1 aliphatic carbocycles. The van der Waals surface area contributed by atoms with Crippen molar-refractivity contribution in [3.63, 3.8) is 0 Å². The molecule has 1 aliphatic rings. The van der Waals surface area contributed by atoms with E-state index in [4.69, 9.17) is 10.8 Å². The Labute approximate surface area is 106 Å². The fourth-order valence-electron chi connectivity index (χ4n) is 2.47. The summed E-state index contributed by atoms with van der Waals surface area (Å²) in [4.78, 5) is 19.2. The first kappa shape index (κ1) is 13.0. The first-order valence-corrected chi connectivity index (χ1v) is 6.47. The van der Waals surface area contributed by atoms with Crippen molar-refractivity contribution in [1.82, 2.24) is 9.97 Å². The minimum atomic E-state index is -0.922. The van der Waals surface area contributed by atoms with Gasteiger partial charge in [-0.25, -0.2) is 9.97 Å². The minimum Gasteiger partial charge on any atom is -0.481 e. The van der Waals surface area contributed by atoms with Crippen LogP contribution in [0.2, 0.25) is 0 Å². The van der Waals surface area contributed by atoms with Crippen molar-refractivity contribution >= 4 is 5.97 Å². The van der Waals surface area contributed by atoms with Gasteiger partial charge in [-0.15, -0.1) is 0 Å². The molecule has 0 aromatic carbocycles. The van der Waals surface area contributed by atoms with Crippen LogP contribution in [0.1, 0.15) is 62.0 Å². The number of carboxylic acid groups (broad SMARTS) is 1. The molecular weight excluding hydrogens is 230 g/mol. The zero-order valence-corrected chi connectivity index (χ0v) is 10.4. The van der Waals surface area contributed by atoms with Crippen LogP contribution in [0, 0.1) is 0 Å². The van der Waals surface area contributed by atoms with Crippen molar-refractivity contribution in [2.75, 3.05) is 0 Å². The average molecular weight is 249 g/mol. The summed E-state index contributed by atoms with van der Waals surface area (Å²) < 4.78 is 0. The molecule has 1 unspecified atom stereocenters. The standard InChI is InChI=1S/C13H19N3O2/c14-10(8-12(17)18)13-15-7-6-11(16-13)9-4-2-1-3-5-9/h6-7,9-10H,1-5,8,14H2,(H,17,18). The van der Waals surface area contributed by atoms with Gasteiger partial charge >= 0.3 is 5.97 Å². The number of aromatic nitrogens is 2. The lowest BCUT2D eigenvalue weighted by atomic mass is 9.87. The van der Waals surface area contributed by atoms with E-state index in [1.807, 2.05) is 6.07 Å². The topological polar surface area (TPSA) is 89.1 Å².